The van der Waals surface area contributed by atoms with E-state index in [-0.39, 0.29) is 6.10 Å². The molecular formula is C12H20O. The van der Waals surface area contributed by atoms with Crippen LogP contribution < -0.4 is 0 Å². The van der Waals surface area contributed by atoms with Crippen molar-refractivity contribution in [2.45, 2.75) is 44.6 Å². The third-order valence-corrected chi connectivity index (χ3v) is 3.83. The van der Waals surface area contributed by atoms with Gasteiger partial charge in [-0.05, 0) is 49.9 Å². The molecule has 3 atom stereocenters. The molecule has 13 heavy (non-hydrogen) atoms. The van der Waals surface area contributed by atoms with Gasteiger partial charge >= 0.3 is 0 Å². The van der Waals surface area contributed by atoms with Crippen molar-refractivity contribution in [2.75, 3.05) is 0 Å². The molecule has 1 nitrogen and oxygen atoms in total. The fraction of sp³-hybridized carbons (Fsp3) is 0.833. The van der Waals surface area contributed by atoms with E-state index in [0.717, 1.165) is 31.1 Å². The number of hydrogen-bond donors (Lipinski definition) is 1. The lowest BCUT2D eigenvalue weighted by Gasteiger charge is -2.11. The molecule has 0 heterocycles. The first-order chi connectivity index (χ1) is 6.34. The van der Waals surface area contributed by atoms with Gasteiger partial charge in [0, 0.05) is 0 Å². The number of aliphatic hydroxyl groups excluding tert-OH is 1. The molecule has 0 amide bonds. The molecule has 0 aliphatic heterocycles. The summed E-state index contributed by atoms with van der Waals surface area (Å²) in [6, 6.07) is 0. The molecule has 2 rings (SSSR count). The molecule has 2 aliphatic carbocycles. The summed E-state index contributed by atoms with van der Waals surface area (Å²) >= 11 is 0. The third kappa shape index (κ3) is 1.80. The van der Waals surface area contributed by atoms with Gasteiger partial charge in [0.25, 0.3) is 0 Å². The van der Waals surface area contributed by atoms with E-state index in [2.05, 4.69) is 6.58 Å². The average Bonchev–Trinajstić information content (AvgIpc) is 2.61. The van der Waals surface area contributed by atoms with Crippen LogP contribution in [0.2, 0.25) is 0 Å². The highest BCUT2D eigenvalue weighted by Crippen LogP contribution is 2.59. The summed E-state index contributed by atoms with van der Waals surface area (Å²) in [5.74, 6) is 2.48. The number of fused-ring (bicyclic) bond motifs is 1. The third-order valence-electron chi connectivity index (χ3n) is 3.83. The zero-order chi connectivity index (χ0) is 9.26. The number of unbranched alkanes of at least 4 members (excludes halogenated alkanes) is 1. The van der Waals surface area contributed by atoms with Crippen LogP contribution in [-0.2, 0) is 0 Å². The van der Waals surface area contributed by atoms with Gasteiger partial charge < -0.3 is 5.11 Å². The first-order valence-electron chi connectivity index (χ1n) is 5.63. The van der Waals surface area contributed by atoms with Crippen molar-refractivity contribution < 1.29 is 5.11 Å². The number of allylic oxidation sites excluding steroid dienone is 1. The van der Waals surface area contributed by atoms with Crippen LogP contribution in [0.4, 0.5) is 0 Å². The molecule has 0 saturated heterocycles. The smallest absolute Gasteiger partial charge is 0.0574 e. The first kappa shape index (κ1) is 9.26. The van der Waals surface area contributed by atoms with Gasteiger partial charge in [-0.25, -0.2) is 0 Å². The molecule has 0 aromatic rings. The Hall–Kier alpha value is -0.300. The highest BCUT2D eigenvalue weighted by Gasteiger charge is 2.55. The standard InChI is InChI=1S/C12H20O/c1-2-3-4-8-11(13)12-9-6-5-7-10(9)12/h2,9-13H,1,3-8H2. The summed E-state index contributed by atoms with van der Waals surface area (Å²) in [6.07, 6.45) is 9.27. The molecule has 1 N–H and O–H groups in total. The SMILES string of the molecule is C=CCCCC(O)C1C2CCCC21. The maximum atomic E-state index is 9.89. The molecule has 0 radical (unpaired) electrons. The Morgan fingerprint density at radius 3 is 2.69 bits per heavy atom. The zero-order valence-electron chi connectivity index (χ0n) is 8.28. The van der Waals surface area contributed by atoms with Gasteiger partial charge in [0.2, 0.25) is 0 Å². The van der Waals surface area contributed by atoms with Crippen LogP contribution in [0.15, 0.2) is 12.7 Å². The Morgan fingerprint density at radius 1 is 1.38 bits per heavy atom. The molecule has 0 aromatic heterocycles. The summed E-state index contributed by atoms with van der Waals surface area (Å²) in [4.78, 5) is 0. The van der Waals surface area contributed by atoms with Crippen molar-refractivity contribution in [3.8, 4) is 0 Å². The quantitative estimate of drug-likeness (QED) is 0.509. The number of aliphatic hydroxyl groups is 1. The molecule has 2 fully saturated rings. The van der Waals surface area contributed by atoms with Crippen LogP contribution in [0.3, 0.4) is 0 Å². The summed E-state index contributed by atoms with van der Waals surface area (Å²) in [5.41, 5.74) is 0. The molecule has 0 bridgehead atoms. The lowest BCUT2D eigenvalue weighted by atomic mass is 10.0. The van der Waals surface area contributed by atoms with Crippen LogP contribution in [0.1, 0.15) is 38.5 Å². The van der Waals surface area contributed by atoms with Crippen molar-refractivity contribution in [3.63, 3.8) is 0 Å². The lowest BCUT2D eigenvalue weighted by Crippen LogP contribution is -2.12. The van der Waals surface area contributed by atoms with E-state index in [1.54, 1.807) is 0 Å². The van der Waals surface area contributed by atoms with E-state index >= 15 is 0 Å². The molecular weight excluding hydrogens is 160 g/mol. The first-order valence-corrected chi connectivity index (χ1v) is 5.63. The van der Waals surface area contributed by atoms with Crippen molar-refractivity contribution in [3.05, 3.63) is 12.7 Å². The maximum absolute atomic E-state index is 9.89. The van der Waals surface area contributed by atoms with E-state index in [1.165, 1.54) is 19.3 Å². The summed E-state index contributed by atoms with van der Waals surface area (Å²) in [6.45, 7) is 3.69. The van der Waals surface area contributed by atoms with Gasteiger partial charge in [0.15, 0.2) is 0 Å². The van der Waals surface area contributed by atoms with Crippen molar-refractivity contribution in [1.82, 2.24) is 0 Å². The molecule has 0 spiro atoms. The Labute approximate surface area is 80.8 Å². The normalized spacial score (nSPS) is 38.4. The van der Waals surface area contributed by atoms with Crippen molar-refractivity contribution >= 4 is 0 Å². The van der Waals surface area contributed by atoms with Gasteiger partial charge in [0.1, 0.15) is 0 Å². The van der Waals surface area contributed by atoms with Gasteiger partial charge in [-0.3, -0.25) is 0 Å². The number of hydrogen-bond acceptors (Lipinski definition) is 1. The van der Waals surface area contributed by atoms with E-state index in [0.29, 0.717) is 5.92 Å². The van der Waals surface area contributed by atoms with Crippen LogP contribution in [0.25, 0.3) is 0 Å². The van der Waals surface area contributed by atoms with Gasteiger partial charge in [-0.15, -0.1) is 6.58 Å². The molecule has 74 valence electrons. The Bertz CT molecular complexity index is 178. The highest BCUT2D eigenvalue weighted by molar-refractivity contribution is 5.04. The second kappa shape index (κ2) is 3.83. The largest absolute Gasteiger partial charge is 0.393 e. The monoisotopic (exact) mass is 180 g/mol. The van der Waals surface area contributed by atoms with Crippen LogP contribution in [-0.4, -0.2) is 11.2 Å². The van der Waals surface area contributed by atoms with E-state index in [1.807, 2.05) is 6.08 Å². The topological polar surface area (TPSA) is 20.2 Å². The van der Waals surface area contributed by atoms with Gasteiger partial charge in [-0.1, -0.05) is 12.5 Å². The Balaban J connectivity index is 1.67. The van der Waals surface area contributed by atoms with E-state index in [9.17, 15) is 5.11 Å². The summed E-state index contributed by atoms with van der Waals surface area (Å²) in [5, 5.41) is 9.89. The lowest BCUT2D eigenvalue weighted by molar-refractivity contribution is 0.124. The van der Waals surface area contributed by atoms with Crippen molar-refractivity contribution in [2.24, 2.45) is 17.8 Å². The highest BCUT2D eigenvalue weighted by atomic mass is 16.3. The second-order valence-electron chi connectivity index (χ2n) is 4.62. The number of rotatable bonds is 5. The van der Waals surface area contributed by atoms with Crippen LogP contribution in [0, 0.1) is 17.8 Å². The van der Waals surface area contributed by atoms with Crippen LogP contribution >= 0.6 is 0 Å². The minimum Gasteiger partial charge on any atom is -0.393 e. The fourth-order valence-corrected chi connectivity index (χ4v) is 3.11. The molecule has 3 unspecified atom stereocenters. The summed E-state index contributed by atoms with van der Waals surface area (Å²) < 4.78 is 0. The second-order valence-corrected chi connectivity index (χ2v) is 4.62. The molecule has 0 aromatic carbocycles. The van der Waals surface area contributed by atoms with E-state index in [4.69, 9.17) is 0 Å². The molecule has 1 heteroatoms. The fourth-order valence-electron chi connectivity index (χ4n) is 3.11. The minimum atomic E-state index is -0.00440. The van der Waals surface area contributed by atoms with E-state index < -0.39 is 0 Å². The van der Waals surface area contributed by atoms with Crippen molar-refractivity contribution in [1.29, 1.82) is 0 Å². The predicted molar refractivity (Wildman–Crippen MR) is 54.4 cm³/mol. The Kier molecular flexibility index (Phi) is 2.73. The zero-order valence-corrected chi connectivity index (χ0v) is 8.28. The maximum Gasteiger partial charge on any atom is 0.0574 e. The minimum absolute atomic E-state index is 0.00440. The van der Waals surface area contributed by atoms with Crippen LogP contribution in [0.5, 0.6) is 0 Å². The Morgan fingerprint density at radius 2 is 2.08 bits per heavy atom. The predicted octanol–water partition coefficient (Wildman–Crippen LogP) is 2.75. The van der Waals surface area contributed by atoms with Gasteiger partial charge in [-0.2, -0.15) is 0 Å². The molecule has 2 aliphatic rings. The summed E-state index contributed by atoms with van der Waals surface area (Å²) in [7, 11) is 0. The molecule has 2 saturated carbocycles. The average molecular weight is 180 g/mol. The van der Waals surface area contributed by atoms with Gasteiger partial charge in [0.05, 0.1) is 6.10 Å².